The highest BCUT2D eigenvalue weighted by atomic mass is 16.2. The summed E-state index contributed by atoms with van der Waals surface area (Å²) < 4.78 is 0. The van der Waals surface area contributed by atoms with Crippen molar-refractivity contribution >= 4 is 17.7 Å². The highest BCUT2D eigenvalue weighted by Crippen LogP contribution is 2.45. The Balaban J connectivity index is 1.75. The van der Waals surface area contributed by atoms with Crippen LogP contribution in [0.5, 0.6) is 0 Å². The van der Waals surface area contributed by atoms with Crippen molar-refractivity contribution in [1.29, 1.82) is 0 Å². The standard InChI is InChI=1S/C30H47N3O3/c1-19(2)24-14-13-20(3)16-25(24)28(35)32-18-26(23-11-7-6-8-12-23)33-27(34)22(5)30(29(31)36)15-9-10-21(4)17-30/h6-8,11-12,19-22,24-26H,9-10,13-18H2,1-5H3,(H2,31,36)(H,32,35)(H,33,34)/t20-,21?,22+,24+,25-,26-,30?/m1/s1. The molecule has 1 aromatic rings. The number of hydrogen-bond acceptors (Lipinski definition) is 3. The van der Waals surface area contributed by atoms with Crippen molar-refractivity contribution in [2.45, 2.75) is 85.6 Å². The highest BCUT2D eigenvalue weighted by molar-refractivity contribution is 5.90. The first-order chi connectivity index (χ1) is 17.0. The summed E-state index contributed by atoms with van der Waals surface area (Å²) in [5.41, 5.74) is 6.01. The summed E-state index contributed by atoms with van der Waals surface area (Å²) >= 11 is 0. The Labute approximate surface area is 217 Å². The summed E-state index contributed by atoms with van der Waals surface area (Å²) in [6.45, 7) is 10.9. The molecule has 1 aromatic carbocycles. The fourth-order valence-corrected chi connectivity index (χ4v) is 6.75. The summed E-state index contributed by atoms with van der Waals surface area (Å²) in [5.74, 6) is 0.728. The molecule has 3 amide bonds. The predicted octanol–water partition coefficient (Wildman–Crippen LogP) is 4.99. The van der Waals surface area contributed by atoms with Gasteiger partial charge in [0, 0.05) is 18.4 Å². The van der Waals surface area contributed by atoms with E-state index in [0.717, 1.165) is 31.2 Å². The van der Waals surface area contributed by atoms with Crippen LogP contribution in [0.3, 0.4) is 0 Å². The van der Waals surface area contributed by atoms with Gasteiger partial charge in [0.1, 0.15) is 0 Å². The normalized spacial score (nSPS) is 30.3. The van der Waals surface area contributed by atoms with Crippen LogP contribution in [-0.2, 0) is 14.4 Å². The maximum atomic E-state index is 13.5. The Morgan fingerprint density at radius 1 is 1.03 bits per heavy atom. The van der Waals surface area contributed by atoms with Gasteiger partial charge in [0.15, 0.2) is 0 Å². The number of amides is 3. The van der Waals surface area contributed by atoms with E-state index >= 15 is 0 Å². The summed E-state index contributed by atoms with van der Waals surface area (Å²) in [6, 6.07) is 9.36. The first kappa shape index (κ1) is 28.2. The molecular weight excluding hydrogens is 450 g/mol. The zero-order valence-electron chi connectivity index (χ0n) is 22.9. The van der Waals surface area contributed by atoms with Crippen molar-refractivity contribution in [1.82, 2.24) is 10.6 Å². The molecule has 4 N–H and O–H groups in total. The summed E-state index contributed by atoms with van der Waals surface area (Å²) in [7, 11) is 0. The van der Waals surface area contributed by atoms with Gasteiger partial charge in [-0.2, -0.15) is 0 Å². The van der Waals surface area contributed by atoms with Crippen LogP contribution in [0.4, 0.5) is 0 Å². The number of benzene rings is 1. The second kappa shape index (κ2) is 12.2. The Bertz CT molecular complexity index is 902. The number of carbonyl (C=O) groups excluding carboxylic acids is 3. The molecule has 36 heavy (non-hydrogen) atoms. The monoisotopic (exact) mass is 497 g/mol. The molecule has 6 nitrogen and oxygen atoms in total. The van der Waals surface area contributed by atoms with E-state index in [1.807, 2.05) is 37.3 Å². The van der Waals surface area contributed by atoms with Crippen molar-refractivity contribution in [2.75, 3.05) is 6.54 Å². The molecule has 0 aliphatic heterocycles. The first-order valence-corrected chi connectivity index (χ1v) is 14.0. The molecule has 0 bridgehead atoms. The van der Waals surface area contributed by atoms with Crippen LogP contribution < -0.4 is 16.4 Å². The van der Waals surface area contributed by atoms with Crippen LogP contribution in [0.1, 0.15) is 91.2 Å². The van der Waals surface area contributed by atoms with Crippen LogP contribution in [0, 0.1) is 40.9 Å². The predicted molar refractivity (Wildman–Crippen MR) is 144 cm³/mol. The average molecular weight is 498 g/mol. The Morgan fingerprint density at radius 3 is 2.33 bits per heavy atom. The number of rotatable bonds is 9. The van der Waals surface area contributed by atoms with E-state index in [1.54, 1.807) is 0 Å². The van der Waals surface area contributed by atoms with Crippen LogP contribution in [-0.4, -0.2) is 24.3 Å². The van der Waals surface area contributed by atoms with Gasteiger partial charge in [0.25, 0.3) is 0 Å². The molecule has 0 aromatic heterocycles. The van der Waals surface area contributed by atoms with E-state index in [1.165, 1.54) is 6.42 Å². The first-order valence-electron chi connectivity index (χ1n) is 14.0. The quantitative estimate of drug-likeness (QED) is 0.448. The SMILES string of the molecule is CC1CCCC(C(N)=O)([C@@H](C)C(=O)N[C@H](CNC(=O)[C@@H]2C[C@H](C)CC[C@H]2C(C)C)c2ccccc2)C1. The van der Waals surface area contributed by atoms with Gasteiger partial charge >= 0.3 is 0 Å². The van der Waals surface area contributed by atoms with Crippen molar-refractivity contribution in [3.05, 3.63) is 35.9 Å². The lowest BCUT2D eigenvalue weighted by Crippen LogP contribution is -2.52. The number of nitrogens with two attached hydrogens (primary N) is 1. The lowest BCUT2D eigenvalue weighted by molar-refractivity contribution is -0.143. The van der Waals surface area contributed by atoms with E-state index in [2.05, 4.69) is 38.3 Å². The van der Waals surface area contributed by atoms with Gasteiger partial charge in [-0.15, -0.1) is 0 Å². The van der Waals surface area contributed by atoms with Crippen molar-refractivity contribution < 1.29 is 14.4 Å². The lowest BCUT2D eigenvalue weighted by atomic mass is 9.63. The van der Waals surface area contributed by atoms with E-state index in [4.69, 9.17) is 5.73 Å². The van der Waals surface area contributed by atoms with Gasteiger partial charge in [0.2, 0.25) is 17.7 Å². The fraction of sp³-hybridized carbons (Fsp3) is 0.700. The van der Waals surface area contributed by atoms with Crippen LogP contribution in [0.15, 0.2) is 30.3 Å². The number of nitrogens with one attached hydrogen (secondary N) is 2. The second-order valence-corrected chi connectivity index (χ2v) is 12.1. The van der Waals surface area contributed by atoms with Crippen molar-refractivity contribution in [3.63, 3.8) is 0 Å². The summed E-state index contributed by atoms with van der Waals surface area (Å²) in [6.07, 6.45) is 6.40. The van der Waals surface area contributed by atoms with Gasteiger partial charge in [-0.1, -0.05) is 84.2 Å². The number of hydrogen-bond donors (Lipinski definition) is 3. The molecule has 2 aliphatic carbocycles. The Morgan fingerprint density at radius 2 is 1.72 bits per heavy atom. The van der Waals surface area contributed by atoms with Crippen LogP contribution >= 0.6 is 0 Å². The van der Waals surface area contributed by atoms with E-state index in [-0.39, 0.29) is 29.7 Å². The molecule has 2 aliphatic rings. The van der Waals surface area contributed by atoms with Crippen LogP contribution in [0.25, 0.3) is 0 Å². The third-order valence-corrected chi connectivity index (χ3v) is 9.10. The molecule has 0 radical (unpaired) electrons. The maximum absolute atomic E-state index is 13.5. The molecule has 6 heteroatoms. The van der Waals surface area contributed by atoms with Gasteiger partial charge in [0.05, 0.1) is 11.5 Å². The van der Waals surface area contributed by atoms with Gasteiger partial charge in [-0.05, 0) is 54.9 Å². The van der Waals surface area contributed by atoms with Gasteiger partial charge in [-0.25, -0.2) is 0 Å². The number of carbonyl (C=O) groups is 3. The third-order valence-electron chi connectivity index (χ3n) is 9.10. The van der Waals surface area contributed by atoms with Crippen LogP contribution in [0.2, 0.25) is 0 Å². The second-order valence-electron chi connectivity index (χ2n) is 12.1. The minimum Gasteiger partial charge on any atom is -0.369 e. The summed E-state index contributed by atoms with van der Waals surface area (Å²) in [4.78, 5) is 39.5. The fourth-order valence-electron chi connectivity index (χ4n) is 6.75. The van der Waals surface area contributed by atoms with E-state index < -0.39 is 11.3 Å². The minimum absolute atomic E-state index is 0.00153. The molecule has 2 fully saturated rings. The largest absolute Gasteiger partial charge is 0.369 e. The van der Waals surface area contributed by atoms with E-state index in [9.17, 15) is 14.4 Å². The average Bonchev–Trinajstić information content (AvgIpc) is 2.85. The maximum Gasteiger partial charge on any atom is 0.224 e. The molecular formula is C30H47N3O3. The Hall–Kier alpha value is -2.37. The lowest BCUT2D eigenvalue weighted by Gasteiger charge is -2.41. The minimum atomic E-state index is -0.824. The number of primary amides is 1. The molecule has 0 heterocycles. The smallest absolute Gasteiger partial charge is 0.224 e. The van der Waals surface area contributed by atoms with Crippen molar-refractivity contribution in [2.24, 2.45) is 46.7 Å². The topological polar surface area (TPSA) is 101 Å². The summed E-state index contributed by atoms with van der Waals surface area (Å²) in [5, 5.41) is 6.34. The molecule has 7 atom stereocenters. The van der Waals surface area contributed by atoms with E-state index in [0.29, 0.717) is 43.1 Å². The van der Waals surface area contributed by atoms with Gasteiger partial charge in [-0.3, -0.25) is 14.4 Å². The molecule has 2 saturated carbocycles. The molecule has 3 rings (SSSR count). The van der Waals surface area contributed by atoms with Crippen molar-refractivity contribution in [3.8, 4) is 0 Å². The zero-order valence-corrected chi connectivity index (χ0v) is 22.9. The van der Waals surface area contributed by atoms with Gasteiger partial charge < -0.3 is 16.4 Å². The molecule has 0 saturated heterocycles. The molecule has 2 unspecified atom stereocenters. The molecule has 0 spiro atoms. The Kier molecular flexibility index (Phi) is 9.59. The highest BCUT2D eigenvalue weighted by Gasteiger charge is 2.48. The third kappa shape index (κ3) is 6.49. The molecule has 200 valence electrons. The zero-order chi connectivity index (χ0) is 26.5.